The van der Waals surface area contributed by atoms with E-state index in [1.807, 2.05) is 0 Å². The molecule has 2 heterocycles. The third-order valence-electron chi connectivity index (χ3n) is 5.94. The van der Waals surface area contributed by atoms with Crippen LogP contribution in [0.15, 0.2) is 46.2 Å². The minimum atomic E-state index is -2.96. The van der Waals surface area contributed by atoms with Gasteiger partial charge in [-0.15, -0.1) is 0 Å². The van der Waals surface area contributed by atoms with Gasteiger partial charge in [-0.25, -0.2) is 0 Å². The number of alkyl halides is 2. The van der Waals surface area contributed by atoms with Crippen LogP contribution in [-0.2, 0) is 4.74 Å². The number of dihydropyridines is 1. The van der Waals surface area contributed by atoms with Crippen LogP contribution in [0.25, 0.3) is 0 Å². The van der Waals surface area contributed by atoms with E-state index in [2.05, 4.69) is 27.2 Å². The number of piperidine rings is 1. The van der Waals surface area contributed by atoms with Crippen molar-refractivity contribution in [3.8, 4) is 0 Å². The molecule has 4 rings (SSSR count). The number of ether oxygens (including phenoxy) is 1. The van der Waals surface area contributed by atoms with Gasteiger partial charge in [0.25, 0.3) is 0 Å². The number of aliphatic hydroxyl groups is 1. The number of fused-ring (bicyclic) bond motifs is 1. The van der Waals surface area contributed by atoms with Crippen molar-refractivity contribution >= 4 is 0 Å². The molecule has 2 aliphatic heterocycles. The zero-order valence-electron chi connectivity index (χ0n) is 15.6. The van der Waals surface area contributed by atoms with E-state index < -0.39 is 6.61 Å². The Morgan fingerprint density at radius 1 is 1.33 bits per heavy atom. The van der Waals surface area contributed by atoms with E-state index in [0.29, 0.717) is 6.04 Å². The predicted molar refractivity (Wildman–Crippen MR) is 99.0 cm³/mol. The highest BCUT2D eigenvalue weighted by molar-refractivity contribution is 5.55. The van der Waals surface area contributed by atoms with Gasteiger partial charge in [-0.1, -0.05) is 6.92 Å². The fourth-order valence-corrected chi connectivity index (χ4v) is 4.49. The maximum absolute atomic E-state index is 12.6. The molecule has 0 bridgehead atoms. The molecule has 0 amide bonds. The van der Waals surface area contributed by atoms with Crippen LogP contribution < -0.4 is 10.6 Å². The summed E-state index contributed by atoms with van der Waals surface area (Å²) in [5, 5.41) is 17.4. The molecule has 1 fully saturated rings. The maximum Gasteiger partial charge on any atom is 0.387 e. The Kier molecular flexibility index (Phi) is 5.12. The summed E-state index contributed by atoms with van der Waals surface area (Å²) < 4.78 is 29.7. The summed E-state index contributed by atoms with van der Waals surface area (Å²) in [6, 6.07) is 0.131. The predicted octanol–water partition coefficient (Wildman–Crippen LogP) is 3.30. The summed E-state index contributed by atoms with van der Waals surface area (Å²) in [5.74, 6) is -0.408. The van der Waals surface area contributed by atoms with E-state index in [9.17, 15) is 13.9 Å². The lowest BCUT2D eigenvalue weighted by Crippen LogP contribution is -2.45. The van der Waals surface area contributed by atoms with E-state index in [1.165, 1.54) is 11.3 Å². The molecule has 1 saturated heterocycles. The smallest absolute Gasteiger partial charge is 0.387 e. The number of hydrogen-bond acceptors (Lipinski definition) is 5. The lowest BCUT2D eigenvalue weighted by molar-refractivity contribution is -0.0974. The van der Waals surface area contributed by atoms with E-state index in [1.54, 1.807) is 12.2 Å². The molecule has 27 heavy (non-hydrogen) atoms. The summed E-state index contributed by atoms with van der Waals surface area (Å²) >= 11 is 0. The lowest BCUT2D eigenvalue weighted by atomic mass is 9.90. The molecular weight excluding hydrogens is 352 g/mol. The fourth-order valence-electron chi connectivity index (χ4n) is 4.49. The van der Waals surface area contributed by atoms with Crippen molar-refractivity contribution in [2.45, 2.75) is 57.7 Å². The van der Waals surface area contributed by atoms with Crippen molar-refractivity contribution in [1.29, 1.82) is 0 Å². The van der Waals surface area contributed by atoms with Crippen molar-refractivity contribution < 1.29 is 18.6 Å². The highest BCUT2D eigenvalue weighted by atomic mass is 19.3. The summed E-state index contributed by atoms with van der Waals surface area (Å²) in [7, 11) is 0. The van der Waals surface area contributed by atoms with E-state index >= 15 is 0 Å². The van der Waals surface area contributed by atoms with Gasteiger partial charge in [-0.3, -0.25) is 0 Å². The minimum Gasteiger partial charge on any atom is -0.504 e. The molecule has 0 spiro atoms. The largest absolute Gasteiger partial charge is 0.504 e. The molecule has 0 radical (unpaired) electrons. The Morgan fingerprint density at radius 2 is 2.11 bits per heavy atom. The monoisotopic (exact) mass is 379 g/mol. The molecule has 0 aromatic carbocycles. The number of likely N-dealkylation sites (tertiary alicyclic amines) is 1. The van der Waals surface area contributed by atoms with Gasteiger partial charge in [0.2, 0.25) is 0 Å². The van der Waals surface area contributed by atoms with Gasteiger partial charge in [-0.2, -0.15) is 8.78 Å². The van der Waals surface area contributed by atoms with Crippen LogP contribution in [0.1, 0.15) is 39.0 Å². The molecule has 0 saturated carbocycles. The zero-order chi connectivity index (χ0) is 19.0. The van der Waals surface area contributed by atoms with E-state index in [4.69, 9.17) is 0 Å². The van der Waals surface area contributed by atoms with Crippen LogP contribution in [0, 0.1) is 0 Å². The van der Waals surface area contributed by atoms with Crippen LogP contribution in [-0.4, -0.2) is 48.3 Å². The van der Waals surface area contributed by atoms with Gasteiger partial charge in [0.15, 0.2) is 11.5 Å². The van der Waals surface area contributed by atoms with Crippen molar-refractivity contribution in [1.82, 2.24) is 15.5 Å². The van der Waals surface area contributed by atoms with Crippen LogP contribution in [0.4, 0.5) is 8.78 Å². The van der Waals surface area contributed by atoms with Gasteiger partial charge in [-0.05, 0) is 56.4 Å². The molecule has 5 nitrogen and oxygen atoms in total. The molecule has 2 aliphatic carbocycles. The van der Waals surface area contributed by atoms with Crippen molar-refractivity contribution in [2.75, 3.05) is 19.6 Å². The second-order valence-electron chi connectivity index (χ2n) is 7.55. The Bertz CT molecular complexity index is 719. The Morgan fingerprint density at radius 3 is 2.81 bits per heavy atom. The molecule has 0 aromatic heterocycles. The average molecular weight is 379 g/mol. The Hall–Kier alpha value is -2.02. The first kappa shape index (κ1) is 18.3. The average Bonchev–Trinajstić information content (AvgIpc) is 3.11. The number of aliphatic hydroxyl groups excluding tert-OH is 1. The number of nitrogens with one attached hydrogen (secondary N) is 2. The second kappa shape index (κ2) is 7.54. The first-order valence-electron chi connectivity index (χ1n) is 9.84. The summed E-state index contributed by atoms with van der Waals surface area (Å²) in [5.41, 5.74) is 4.43. The second-order valence-corrected chi connectivity index (χ2v) is 7.55. The number of allylic oxidation sites excluding steroid dienone is 2. The van der Waals surface area contributed by atoms with E-state index in [-0.39, 0.29) is 17.6 Å². The van der Waals surface area contributed by atoms with E-state index in [0.717, 1.165) is 63.0 Å². The third-order valence-corrected chi connectivity index (χ3v) is 5.94. The number of rotatable bonds is 5. The summed E-state index contributed by atoms with van der Waals surface area (Å²) in [6.07, 6.45) is 8.33. The van der Waals surface area contributed by atoms with Gasteiger partial charge in [0, 0.05) is 36.1 Å². The van der Waals surface area contributed by atoms with Crippen LogP contribution in [0.3, 0.4) is 0 Å². The molecule has 0 aromatic rings. The number of halogens is 2. The van der Waals surface area contributed by atoms with Crippen LogP contribution >= 0.6 is 0 Å². The fraction of sp³-hybridized carbons (Fsp3) is 0.600. The Balaban J connectivity index is 1.60. The summed E-state index contributed by atoms with van der Waals surface area (Å²) in [6.45, 7) is 2.47. The van der Waals surface area contributed by atoms with Gasteiger partial charge in [0.1, 0.15) is 0 Å². The summed E-state index contributed by atoms with van der Waals surface area (Å²) in [4.78, 5) is 2.45. The normalized spacial score (nSPS) is 26.4. The SMILES string of the molecule is CCN1CCC(NC2=C3C=C(O)C(OC(F)F)=CC3NC3=C2CCC3)CC1. The standard InChI is InChI=1S/C20H27F2N3O2/c1-2-25-8-6-12(7-9-25)23-19-13-4-3-5-15(13)24-16-11-18(27-20(21)22)17(26)10-14(16)19/h10-12,16,20,23-24,26H,2-9H2,1H3. The van der Waals surface area contributed by atoms with Gasteiger partial charge in [0.05, 0.1) is 6.04 Å². The molecule has 3 N–H and O–H groups in total. The third kappa shape index (κ3) is 3.70. The van der Waals surface area contributed by atoms with Gasteiger partial charge >= 0.3 is 6.61 Å². The first-order chi connectivity index (χ1) is 13.0. The molecular formula is C20H27F2N3O2. The number of nitrogens with zero attached hydrogens (tertiary/aromatic N) is 1. The molecule has 4 aliphatic rings. The van der Waals surface area contributed by atoms with Crippen molar-refractivity contribution in [2.24, 2.45) is 0 Å². The minimum absolute atomic E-state index is 0.163. The number of hydrogen-bond donors (Lipinski definition) is 3. The van der Waals surface area contributed by atoms with Crippen molar-refractivity contribution in [3.05, 3.63) is 46.2 Å². The topological polar surface area (TPSA) is 56.8 Å². The maximum atomic E-state index is 12.6. The van der Waals surface area contributed by atoms with Crippen molar-refractivity contribution in [3.63, 3.8) is 0 Å². The van der Waals surface area contributed by atoms with Gasteiger partial charge < -0.3 is 25.4 Å². The molecule has 1 atom stereocenters. The molecule has 7 heteroatoms. The molecule has 148 valence electrons. The highest BCUT2D eigenvalue weighted by Gasteiger charge is 2.34. The van der Waals surface area contributed by atoms with Crippen LogP contribution in [0.2, 0.25) is 0 Å². The Labute approximate surface area is 158 Å². The quantitative estimate of drug-likeness (QED) is 0.684. The highest BCUT2D eigenvalue weighted by Crippen LogP contribution is 2.39. The lowest BCUT2D eigenvalue weighted by Gasteiger charge is -2.37. The zero-order valence-corrected chi connectivity index (χ0v) is 15.6. The van der Waals surface area contributed by atoms with Crippen LogP contribution in [0.5, 0.6) is 0 Å². The first-order valence-corrected chi connectivity index (χ1v) is 9.84. The molecule has 1 unspecified atom stereocenters.